The predicted molar refractivity (Wildman–Crippen MR) is 103 cm³/mol. The molecule has 1 aliphatic heterocycles. The van der Waals surface area contributed by atoms with Gasteiger partial charge in [0.2, 0.25) is 5.91 Å². The zero-order valence-corrected chi connectivity index (χ0v) is 15.8. The number of hydrogen-bond acceptors (Lipinski definition) is 4. The number of piperazine rings is 1. The molecule has 0 radical (unpaired) electrons. The van der Waals surface area contributed by atoms with Crippen molar-refractivity contribution >= 4 is 5.91 Å². The molecule has 2 unspecified atom stereocenters. The number of unbranched alkanes of at least 4 members (excludes halogenated alkanes) is 1. The average Bonchev–Trinajstić information content (AvgIpc) is 2.67. The molecule has 0 aromatic heterocycles. The van der Waals surface area contributed by atoms with E-state index in [1.54, 1.807) is 0 Å². The van der Waals surface area contributed by atoms with Gasteiger partial charge in [-0.05, 0) is 31.5 Å². The molecule has 0 bridgehead atoms. The number of nitrogens with one attached hydrogen (secondary N) is 1. The first-order valence-electron chi connectivity index (χ1n) is 9.64. The van der Waals surface area contributed by atoms with Gasteiger partial charge in [0, 0.05) is 38.8 Å². The number of rotatable bonds is 9. The fourth-order valence-electron chi connectivity index (χ4n) is 3.29. The number of nitrogens with two attached hydrogens (primary N) is 1. The van der Waals surface area contributed by atoms with Crippen LogP contribution in [0.5, 0.6) is 0 Å². The molecule has 2 rings (SSSR count). The van der Waals surface area contributed by atoms with Gasteiger partial charge < -0.3 is 20.9 Å². The molecule has 5 heteroatoms. The van der Waals surface area contributed by atoms with E-state index < -0.39 is 0 Å². The van der Waals surface area contributed by atoms with Crippen molar-refractivity contribution in [3.05, 3.63) is 35.9 Å². The van der Waals surface area contributed by atoms with Gasteiger partial charge in [-0.25, -0.2) is 0 Å². The molecule has 3 N–H and O–H groups in total. The van der Waals surface area contributed by atoms with Crippen molar-refractivity contribution < 1.29 is 4.79 Å². The van der Waals surface area contributed by atoms with Crippen LogP contribution in [0.3, 0.4) is 0 Å². The zero-order valence-electron chi connectivity index (χ0n) is 15.8. The van der Waals surface area contributed by atoms with Gasteiger partial charge in [-0.1, -0.05) is 44.2 Å². The molecule has 1 heterocycles. The molecule has 25 heavy (non-hydrogen) atoms. The third kappa shape index (κ3) is 6.42. The molecule has 2 atom stereocenters. The fraction of sp³-hybridized carbons (Fsp3) is 0.650. The first-order chi connectivity index (χ1) is 12.1. The molecule has 1 aliphatic rings. The normalized spacial score (nSPS) is 18.7. The Hall–Kier alpha value is -1.43. The molecule has 0 aliphatic carbocycles. The minimum absolute atomic E-state index is 0.0490. The third-order valence-corrected chi connectivity index (χ3v) is 5.25. The maximum absolute atomic E-state index is 12.3. The Kier molecular flexibility index (Phi) is 8.38. The summed E-state index contributed by atoms with van der Waals surface area (Å²) in [5.74, 6) is -0.169. The van der Waals surface area contributed by atoms with Crippen molar-refractivity contribution in [1.29, 1.82) is 0 Å². The lowest BCUT2D eigenvalue weighted by molar-refractivity contribution is -0.125. The molecule has 0 saturated carbocycles. The van der Waals surface area contributed by atoms with E-state index >= 15 is 0 Å². The van der Waals surface area contributed by atoms with Crippen LogP contribution in [-0.4, -0.2) is 61.5 Å². The van der Waals surface area contributed by atoms with E-state index in [0.717, 1.165) is 38.0 Å². The van der Waals surface area contributed by atoms with E-state index in [1.165, 1.54) is 26.2 Å². The number of nitrogens with zero attached hydrogens (tertiary/aromatic N) is 2. The minimum Gasteiger partial charge on any atom is -0.356 e. The van der Waals surface area contributed by atoms with Gasteiger partial charge in [0.05, 0.1) is 5.92 Å². The van der Waals surface area contributed by atoms with Crippen LogP contribution < -0.4 is 11.1 Å². The lowest BCUT2D eigenvalue weighted by Crippen LogP contribution is -2.46. The highest BCUT2D eigenvalue weighted by Crippen LogP contribution is 2.18. The lowest BCUT2D eigenvalue weighted by Gasteiger charge is -2.34. The summed E-state index contributed by atoms with van der Waals surface area (Å²) in [6.07, 6.45) is 2.15. The number of benzene rings is 1. The SMILES string of the molecule is CCN1CCN(CCCCNC(=O)C(C)C(N)c2ccccc2)CC1. The highest BCUT2D eigenvalue weighted by atomic mass is 16.1. The van der Waals surface area contributed by atoms with E-state index in [1.807, 2.05) is 37.3 Å². The Bertz CT molecular complexity index is 500. The Balaban J connectivity index is 1.59. The number of hydrogen-bond donors (Lipinski definition) is 2. The van der Waals surface area contributed by atoms with Crippen LogP contribution in [0.15, 0.2) is 30.3 Å². The van der Waals surface area contributed by atoms with Crippen LogP contribution in [0.25, 0.3) is 0 Å². The van der Waals surface area contributed by atoms with Crippen molar-refractivity contribution in [3.8, 4) is 0 Å². The summed E-state index contributed by atoms with van der Waals surface area (Å²) in [6, 6.07) is 9.58. The Morgan fingerprint density at radius 1 is 1.12 bits per heavy atom. The molecule has 1 saturated heterocycles. The molecule has 1 amide bonds. The molecule has 140 valence electrons. The van der Waals surface area contributed by atoms with Gasteiger partial charge in [-0.3, -0.25) is 4.79 Å². The number of carbonyl (C=O) groups excluding carboxylic acids is 1. The van der Waals surface area contributed by atoms with E-state index in [-0.39, 0.29) is 17.9 Å². The molecule has 1 fully saturated rings. The van der Waals surface area contributed by atoms with Crippen molar-refractivity contribution in [3.63, 3.8) is 0 Å². The molecule has 1 aromatic carbocycles. The summed E-state index contributed by atoms with van der Waals surface area (Å²) in [4.78, 5) is 17.3. The van der Waals surface area contributed by atoms with Gasteiger partial charge in [0.1, 0.15) is 0 Å². The van der Waals surface area contributed by atoms with Crippen LogP contribution in [0, 0.1) is 5.92 Å². The maximum Gasteiger partial charge on any atom is 0.224 e. The number of amides is 1. The number of likely N-dealkylation sites (N-methyl/N-ethyl adjacent to an activating group) is 1. The monoisotopic (exact) mass is 346 g/mol. The number of carbonyl (C=O) groups is 1. The summed E-state index contributed by atoms with van der Waals surface area (Å²) in [5.41, 5.74) is 7.23. The summed E-state index contributed by atoms with van der Waals surface area (Å²) >= 11 is 0. The Morgan fingerprint density at radius 2 is 1.76 bits per heavy atom. The van der Waals surface area contributed by atoms with Crippen LogP contribution in [0.4, 0.5) is 0 Å². The maximum atomic E-state index is 12.3. The second-order valence-corrected chi connectivity index (χ2v) is 7.00. The van der Waals surface area contributed by atoms with Crippen molar-refractivity contribution in [2.75, 3.05) is 45.8 Å². The first-order valence-corrected chi connectivity index (χ1v) is 9.64. The van der Waals surface area contributed by atoms with Gasteiger partial charge in [-0.15, -0.1) is 0 Å². The van der Waals surface area contributed by atoms with Gasteiger partial charge in [0.15, 0.2) is 0 Å². The lowest BCUT2D eigenvalue weighted by atomic mass is 9.94. The molecule has 1 aromatic rings. The van der Waals surface area contributed by atoms with Gasteiger partial charge in [0.25, 0.3) is 0 Å². The van der Waals surface area contributed by atoms with Crippen LogP contribution in [0.1, 0.15) is 38.3 Å². The van der Waals surface area contributed by atoms with Crippen molar-refractivity contribution in [2.45, 2.75) is 32.7 Å². The molecular weight excluding hydrogens is 312 g/mol. The standard InChI is InChI=1S/C20H34N4O/c1-3-23-13-15-24(16-14-23)12-8-7-11-22-20(25)17(2)19(21)18-9-5-4-6-10-18/h4-6,9-10,17,19H,3,7-8,11-16,21H2,1-2H3,(H,22,25). The first kappa shape index (κ1) is 19.9. The Morgan fingerprint density at radius 3 is 2.40 bits per heavy atom. The van der Waals surface area contributed by atoms with E-state index in [9.17, 15) is 4.79 Å². The topological polar surface area (TPSA) is 61.6 Å². The average molecular weight is 347 g/mol. The molecule has 0 spiro atoms. The zero-order chi connectivity index (χ0) is 18.1. The van der Waals surface area contributed by atoms with Crippen LogP contribution >= 0.6 is 0 Å². The fourth-order valence-corrected chi connectivity index (χ4v) is 3.29. The van der Waals surface area contributed by atoms with E-state index in [0.29, 0.717) is 0 Å². The van der Waals surface area contributed by atoms with Crippen molar-refractivity contribution in [1.82, 2.24) is 15.1 Å². The van der Waals surface area contributed by atoms with Gasteiger partial charge in [-0.2, -0.15) is 0 Å². The van der Waals surface area contributed by atoms with E-state index in [4.69, 9.17) is 5.73 Å². The summed E-state index contributed by atoms with van der Waals surface area (Å²) in [6.45, 7) is 11.9. The summed E-state index contributed by atoms with van der Waals surface area (Å²) in [7, 11) is 0. The highest BCUT2D eigenvalue weighted by Gasteiger charge is 2.21. The molecule has 5 nitrogen and oxygen atoms in total. The summed E-state index contributed by atoms with van der Waals surface area (Å²) in [5, 5.41) is 3.04. The van der Waals surface area contributed by atoms with Gasteiger partial charge >= 0.3 is 0 Å². The summed E-state index contributed by atoms with van der Waals surface area (Å²) < 4.78 is 0. The largest absolute Gasteiger partial charge is 0.356 e. The predicted octanol–water partition coefficient (Wildman–Crippen LogP) is 1.86. The smallest absolute Gasteiger partial charge is 0.224 e. The molecular formula is C20H34N4O. The quantitative estimate of drug-likeness (QED) is 0.670. The second kappa shape index (κ2) is 10.5. The second-order valence-electron chi connectivity index (χ2n) is 7.00. The van der Waals surface area contributed by atoms with E-state index in [2.05, 4.69) is 22.0 Å². The highest BCUT2D eigenvalue weighted by molar-refractivity contribution is 5.79. The third-order valence-electron chi connectivity index (χ3n) is 5.25. The van der Waals surface area contributed by atoms with Crippen molar-refractivity contribution in [2.24, 2.45) is 11.7 Å². The Labute approximate surface area is 152 Å². The van der Waals surface area contributed by atoms with Crippen LogP contribution in [-0.2, 0) is 4.79 Å². The minimum atomic E-state index is -0.254. The van der Waals surface area contributed by atoms with Crippen LogP contribution in [0.2, 0.25) is 0 Å².